The molecule has 2 atom stereocenters. The van der Waals surface area contributed by atoms with Gasteiger partial charge in [-0.15, -0.1) is 22.7 Å². The molecule has 3 amide bonds. The molecule has 406 valence electrons. The number of esters is 1. The monoisotopic (exact) mass is 1090 g/mol. The zero-order valence-corrected chi connectivity index (χ0v) is 47.8. The number of aromatic nitrogens is 2. The Balaban J connectivity index is 0.000000215. The Morgan fingerprint density at radius 2 is 1.20 bits per heavy atom. The number of hydrogen-bond donors (Lipinski definition) is 2. The summed E-state index contributed by atoms with van der Waals surface area (Å²) in [6.45, 7) is 19.1. The molecule has 0 bridgehead atoms. The summed E-state index contributed by atoms with van der Waals surface area (Å²) in [5.74, 6) is 12.4. The van der Waals surface area contributed by atoms with Crippen LogP contribution in [-0.4, -0.2) is 100 Å². The van der Waals surface area contributed by atoms with Crippen LogP contribution in [0.4, 0.5) is 11.4 Å². The number of aromatic carboxylic acids is 1. The van der Waals surface area contributed by atoms with E-state index in [1.807, 2.05) is 31.7 Å². The first-order valence-electron chi connectivity index (χ1n) is 26.3. The van der Waals surface area contributed by atoms with Crippen LogP contribution in [-0.2, 0) is 14.3 Å². The minimum atomic E-state index is -1.07. The Bertz CT molecular complexity index is 2790. The smallest absolute Gasteiger partial charge is 0.350 e. The molecule has 2 aliphatic carbocycles. The van der Waals surface area contributed by atoms with Crippen molar-refractivity contribution < 1.29 is 38.6 Å². The molecule has 0 radical (unpaired) electrons. The van der Waals surface area contributed by atoms with E-state index in [0.29, 0.717) is 63.6 Å². The lowest BCUT2D eigenvalue weighted by molar-refractivity contribution is -0.124. The van der Waals surface area contributed by atoms with Crippen molar-refractivity contribution in [2.24, 2.45) is 34.5 Å². The maximum absolute atomic E-state index is 14.0. The number of amides is 3. The molecule has 4 fully saturated rings. The van der Waals surface area contributed by atoms with Crippen molar-refractivity contribution in [2.75, 3.05) is 43.1 Å². The van der Waals surface area contributed by atoms with Crippen molar-refractivity contribution in [3.05, 3.63) is 91.8 Å². The van der Waals surface area contributed by atoms with Gasteiger partial charge in [-0.1, -0.05) is 37.5 Å². The van der Waals surface area contributed by atoms with Crippen molar-refractivity contribution in [1.29, 1.82) is 0 Å². The lowest BCUT2D eigenvalue weighted by atomic mass is 9.82. The van der Waals surface area contributed by atoms with Crippen LogP contribution in [0, 0.1) is 58.2 Å². The van der Waals surface area contributed by atoms with E-state index in [2.05, 4.69) is 73.6 Å². The fraction of sp³-hybridized carbons (Fsp3) is 0.525. The summed E-state index contributed by atoms with van der Waals surface area (Å²) < 4.78 is 5.06. The number of rotatable bonds is 10. The molecule has 2 aliphatic heterocycles. The highest BCUT2D eigenvalue weighted by Gasteiger charge is 2.41. The van der Waals surface area contributed by atoms with E-state index in [9.17, 15) is 33.9 Å². The predicted octanol–water partition coefficient (Wildman–Crippen LogP) is 11.2. The van der Waals surface area contributed by atoms with Crippen LogP contribution in [0.5, 0.6) is 0 Å². The third kappa shape index (κ3) is 16.5. The van der Waals surface area contributed by atoms with Gasteiger partial charge in [-0.05, 0) is 172 Å². The summed E-state index contributed by atoms with van der Waals surface area (Å²) in [5.41, 5.74) is 1.63. The van der Waals surface area contributed by atoms with Gasteiger partial charge in [-0.3, -0.25) is 29.1 Å². The van der Waals surface area contributed by atoms with Crippen LogP contribution in [0.15, 0.2) is 61.2 Å². The summed E-state index contributed by atoms with van der Waals surface area (Å²) in [4.78, 5) is 91.2. The summed E-state index contributed by atoms with van der Waals surface area (Å²) in [5, 5.41) is 13.0. The van der Waals surface area contributed by atoms with Crippen LogP contribution >= 0.6 is 34.3 Å². The number of carboxylic acids is 1. The van der Waals surface area contributed by atoms with E-state index in [1.54, 1.807) is 58.7 Å². The average Bonchev–Trinajstić information content (AvgIpc) is 4.25. The second kappa shape index (κ2) is 26.9. The molecule has 4 aromatic rings. The molecule has 2 unspecified atom stereocenters. The van der Waals surface area contributed by atoms with Crippen LogP contribution in [0.1, 0.15) is 169 Å². The van der Waals surface area contributed by atoms with E-state index in [0.717, 1.165) is 87.1 Å². The number of anilines is 2. The normalized spacial score (nSPS) is 21.2. The summed E-state index contributed by atoms with van der Waals surface area (Å²) in [7, 11) is 1.39. The number of methoxy groups -OCH3 is 1. The molecule has 0 spiro atoms. The van der Waals surface area contributed by atoms with E-state index in [4.69, 9.17) is 16.3 Å². The number of likely N-dealkylation sites (tertiary alicyclic amines) is 1. The Hall–Kier alpha value is -5.91. The highest BCUT2D eigenvalue weighted by molar-refractivity contribution is 7.15. The zero-order chi connectivity index (χ0) is 55.3. The Morgan fingerprint density at radius 1 is 0.711 bits per heavy atom. The number of thiophene rings is 2. The molecule has 17 heteroatoms. The lowest BCUT2D eigenvalue weighted by Gasteiger charge is -2.34. The SMILES string of the molecule is CC1CCC(C(=O)N(c2cc(C#CC(C)(C)C)sc2C(=O)O)C2CCN(C(=O)c3cccnc3)C2)CC1.COC(=O)c1sc(C#CC(C)(C)C)cc1N(C(=O)C1CCC(C)CC1)C1CCNC1.O=C(Cl)c1cccnc1. The number of carboxylic acid groups (broad SMARTS) is 1. The van der Waals surface area contributed by atoms with Gasteiger partial charge in [-0.2, -0.15) is 0 Å². The second-order valence-corrected chi connectivity index (χ2v) is 24.8. The number of hydrogen-bond acceptors (Lipinski definition) is 12. The molecule has 2 saturated heterocycles. The minimum absolute atomic E-state index is 0.0244. The molecule has 4 aliphatic rings. The van der Waals surface area contributed by atoms with Gasteiger partial charge >= 0.3 is 11.9 Å². The van der Waals surface area contributed by atoms with Gasteiger partial charge in [0.2, 0.25) is 11.8 Å². The van der Waals surface area contributed by atoms with E-state index in [-0.39, 0.29) is 57.3 Å². The number of carbonyl (C=O) groups excluding carboxylic acids is 5. The van der Waals surface area contributed by atoms with Crippen LogP contribution in [0.25, 0.3) is 0 Å². The molecule has 4 aromatic heterocycles. The maximum atomic E-state index is 14.0. The van der Waals surface area contributed by atoms with Gasteiger partial charge in [-0.25, -0.2) is 9.59 Å². The van der Waals surface area contributed by atoms with E-state index in [1.165, 1.54) is 24.6 Å². The summed E-state index contributed by atoms with van der Waals surface area (Å²) in [6.07, 6.45) is 15.2. The largest absolute Gasteiger partial charge is 0.477 e. The van der Waals surface area contributed by atoms with Crippen molar-refractivity contribution in [3.63, 3.8) is 0 Å². The number of ether oxygens (including phenoxy) is 1. The van der Waals surface area contributed by atoms with Gasteiger partial charge in [0.05, 0.1) is 51.4 Å². The number of nitrogens with one attached hydrogen (secondary N) is 1. The second-order valence-electron chi connectivity index (χ2n) is 22.4. The van der Waals surface area contributed by atoms with E-state index >= 15 is 0 Å². The molecule has 2 N–H and O–H groups in total. The molecule has 0 aromatic carbocycles. The highest BCUT2D eigenvalue weighted by atomic mass is 35.5. The molecule has 6 heterocycles. The molecular weight excluding hydrogens is 1020 g/mol. The summed E-state index contributed by atoms with van der Waals surface area (Å²) >= 11 is 7.55. The van der Waals surface area contributed by atoms with Gasteiger partial charge < -0.3 is 29.9 Å². The van der Waals surface area contributed by atoms with Gasteiger partial charge in [0.25, 0.3) is 11.1 Å². The molecular formula is C59H73ClN6O8S2. The number of pyridine rings is 2. The standard InChI is InChI=1S/C29H35N3O4S.C24H34N2O3S.C6H4ClNO/c1-19-7-9-20(10-8-19)27(34)32(22-12-15-31(18-22)26(33)21-6-5-14-30-17-21)24-16-23(11-13-29(2,3)4)37-25(24)28(35)36;1-16-6-8-17(9-7-16)22(27)26(18-11-13-25-15-18)20-14-19(10-12-24(2,3)4)30-21(20)23(28)29-5;7-6(9)5-2-1-3-8-4-5/h5-6,14,16-17,19-20,22H,7-10,12,15,18H2,1-4H3,(H,35,36);14,16-18,25H,6-9,11,13,15H2,1-5H3;1-4H. The minimum Gasteiger partial charge on any atom is -0.477 e. The lowest BCUT2D eigenvalue weighted by Crippen LogP contribution is -2.46. The fourth-order valence-electron chi connectivity index (χ4n) is 9.68. The maximum Gasteiger partial charge on any atom is 0.350 e. The van der Waals surface area contributed by atoms with Gasteiger partial charge in [0.15, 0.2) is 0 Å². The van der Waals surface area contributed by atoms with Crippen molar-refractivity contribution in [3.8, 4) is 23.7 Å². The zero-order valence-electron chi connectivity index (χ0n) is 45.4. The summed E-state index contributed by atoms with van der Waals surface area (Å²) in [6, 6.07) is 10.2. The molecule has 76 heavy (non-hydrogen) atoms. The molecule has 14 nitrogen and oxygen atoms in total. The third-order valence-electron chi connectivity index (χ3n) is 13.8. The molecule has 2 saturated carbocycles. The highest BCUT2D eigenvalue weighted by Crippen LogP contribution is 2.40. The van der Waals surface area contributed by atoms with Crippen LogP contribution in [0.3, 0.4) is 0 Å². The van der Waals surface area contributed by atoms with Crippen molar-refractivity contribution >= 4 is 80.6 Å². The predicted molar refractivity (Wildman–Crippen MR) is 301 cm³/mol. The third-order valence-corrected chi connectivity index (χ3v) is 16.1. The van der Waals surface area contributed by atoms with Gasteiger partial charge in [0.1, 0.15) is 9.75 Å². The van der Waals surface area contributed by atoms with Crippen LogP contribution in [0.2, 0.25) is 0 Å². The topological polar surface area (TPSA) is 179 Å². The Morgan fingerprint density at radius 3 is 1.62 bits per heavy atom. The number of nitrogens with zero attached hydrogens (tertiary/aromatic N) is 5. The van der Waals surface area contributed by atoms with E-state index < -0.39 is 17.2 Å². The molecule has 8 rings (SSSR count). The average molecular weight is 1090 g/mol. The Kier molecular flexibility index (Phi) is 21.0. The van der Waals surface area contributed by atoms with Crippen molar-refractivity contribution in [1.82, 2.24) is 20.2 Å². The Labute approximate surface area is 461 Å². The van der Waals surface area contributed by atoms with Crippen LogP contribution < -0.4 is 15.1 Å². The first-order chi connectivity index (χ1) is 36.0. The fourth-order valence-corrected chi connectivity index (χ4v) is 11.6. The number of halogens is 1. The first-order valence-corrected chi connectivity index (χ1v) is 28.4. The van der Waals surface area contributed by atoms with Gasteiger partial charge in [0, 0.05) is 67.1 Å². The number of carbonyl (C=O) groups is 6. The van der Waals surface area contributed by atoms with Crippen molar-refractivity contribution in [2.45, 2.75) is 132 Å². The first kappa shape index (κ1) is 59.3. The quantitative estimate of drug-likeness (QED) is 0.0877.